The van der Waals surface area contributed by atoms with Gasteiger partial charge < -0.3 is 10.5 Å². The number of halogens is 1. The average molecular weight is 296 g/mol. The predicted molar refractivity (Wildman–Crippen MR) is 72.1 cm³/mol. The molecule has 3 heteroatoms. The first-order valence-electron chi connectivity index (χ1n) is 6.38. The predicted octanol–water partition coefficient (Wildman–Crippen LogP) is 3.79. The van der Waals surface area contributed by atoms with Crippen LogP contribution in [0.15, 0.2) is 22.7 Å². The van der Waals surface area contributed by atoms with Crippen LogP contribution >= 0.6 is 15.9 Å². The van der Waals surface area contributed by atoms with Gasteiger partial charge in [0.25, 0.3) is 0 Å². The van der Waals surface area contributed by atoms with E-state index in [4.69, 9.17) is 10.5 Å². The molecule has 92 valence electrons. The zero-order chi connectivity index (χ0) is 12.0. The van der Waals surface area contributed by atoms with Gasteiger partial charge in [-0.3, -0.25) is 0 Å². The van der Waals surface area contributed by atoms with Crippen LogP contribution in [0.3, 0.4) is 0 Å². The monoisotopic (exact) mass is 295 g/mol. The van der Waals surface area contributed by atoms with Crippen molar-refractivity contribution in [2.45, 2.75) is 44.2 Å². The van der Waals surface area contributed by atoms with Gasteiger partial charge in [0.1, 0.15) is 11.4 Å². The zero-order valence-electron chi connectivity index (χ0n) is 10.1. The van der Waals surface area contributed by atoms with Crippen LogP contribution in [0.25, 0.3) is 0 Å². The lowest BCUT2D eigenvalue weighted by Crippen LogP contribution is -2.44. The van der Waals surface area contributed by atoms with E-state index in [9.17, 15) is 0 Å². The summed E-state index contributed by atoms with van der Waals surface area (Å²) in [5.41, 5.74) is 7.46. The second-order valence-corrected chi connectivity index (χ2v) is 6.20. The minimum absolute atomic E-state index is 0.00674. The normalized spacial score (nSPS) is 31.8. The summed E-state index contributed by atoms with van der Waals surface area (Å²) in [6.45, 7) is 2.22. The first-order valence-corrected chi connectivity index (χ1v) is 7.18. The van der Waals surface area contributed by atoms with Crippen LogP contribution in [-0.2, 0) is 0 Å². The molecule has 17 heavy (non-hydrogen) atoms. The van der Waals surface area contributed by atoms with E-state index >= 15 is 0 Å². The zero-order valence-corrected chi connectivity index (χ0v) is 11.7. The lowest BCUT2D eigenvalue weighted by molar-refractivity contribution is 0.0106. The Morgan fingerprint density at radius 1 is 1.47 bits per heavy atom. The Labute approximate surface area is 111 Å². The molecule has 1 saturated carbocycles. The molecule has 3 rings (SSSR count). The second kappa shape index (κ2) is 3.99. The number of fused-ring (bicyclic) bond motifs is 1. The minimum atomic E-state index is -0.00674. The molecule has 2 aliphatic rings. The first kappa shape index (κ1) is 11.5. The maximum atomic E-state index is 6.33. The molecule has 0 amide bonds. The molecular formula is C14H18BrNO. The van der Waals surface area contributed by atoms with Gasteiger partial charge in [-0.05, 0) is 37.3 Å². The number of hydrogen-bond acceptors (Lipinski definition) is 2. The molecule has 0 radical (unpaired) electrons. The number of ether oxygens (including phenoxy) is 1. The van der Waals surface area contributed by atoms with Gasteiger partial charge in [-0.25, -0.2) is 0 Å². The molecule has 1 aromatic carbocycles. The summed E-state index contributed by atoms with van der Waals surface area (Å²) in [4.78, 5) is 0. The Hall–Kier alpha value is -0.540. The van der Waals surface area contributed by atoms with Gasteiger partial charge in [0.05, 0.1) is 0 Å². The van der Waals surface area contributed by atoms with Crippen LogP contribution in [0.5, 0.6) is 5.75 Å². The fourth-order valence-electron chi connectivity index (χ4n) is 3.01. The fourth-order valence-corrected chi connectivity index (χ4v) is 3.35. The highest BCUT2D eigenvalue weighted by molar-refractivity contribution is 9.10. The van der Waals surface area contributed by atoms with Crippen LogP contribution in [0, 0.1) is 5.92 Å². The standard InChI is InChI=1S/C14H18BrNO/c1-2-14(9-3-4-9)8-12(16)11-6-5-10(15)7-13(11)17-14/h5-7,9,12H,2-4,8,16H2,1H3. The van der Waals surface area contributed by atoms with Gasteiger partial charge in [0.2, 0.25) is 0 Å². The van der Waals surface area contributed by atoms with Crippen molar-refractivity contribution in [3.8, 4) is 5.75 Å². The summed E-state index contributed by atoms with van der Waals surface area (Å²) in [5.74, 6) is 1.69. The van der Waals surface area contributed by atoms with Gasteiger partial charge in [-0.1, -0.05) is 28.9 Å². The largest absolute Gasteiger partial charge is 0.487 e. The van der Waals surface area contributed by atoms with Crippen molar-refractivity contribution >= 4 is 15.9 Å². The second-order valence-electron chi connectivity index (χ2n) is 5.29. The topological polar surface area (TPSA) is 35.2 Å². The molecule has 1 aliphatic heterocycles. The van der Waals surface area contributed by atoms with Crippen LogP contribution in [0.4, 0.5) is 0 Å². The third-order valence-electron chi connectivity index (χ3n) is 4.17. The third-order valence-corrected chi connectivity index (χ3v) is 4.67. The molecule has 0 bridgehead atoms. The SMILES string of the molecule is CCC1(C2CC2)CC(N)c2ccc(Br)cc2O1. The highest BCUT2D eigenvalue weighted by atomic mass is 79.9. The highest BCUT2D eigenvalue weighted by Gasteiger charge is 2.49. The van der Waals surface area contributed by atoms with Gasteiger partial charge in [0, 0.05) is 22.5 Å². The third kappa shape index (κ3) is 1.89. The van der Waals surface area contributed by atoms with Crippen LogP contribution in [0.1, 0.15) is 44.2 Å². The molecule has 0 saturated heterocycles. The quantitative estimate of drug-likeness (QED) is 0.901. The number of benzene rings is 1. The average Bonchev–Trinajstić information content (AvgIpc) is 3.12. The molecule has 2 atom stereocenters. The van der Waals surface area contributed by atoms with Crippen molar-refractivity contribution in [3.63, 3.8) is 0 Å². The molecule has 1 fully saturated rings. The molecule has 2 N–H and O–H groups in total. The van der Waals surface area contributed by atoms with Gasteiger partial charge >= 0.3 is 0 Å². The minimum Gasteiger partial charge on any atom is -0.487 e. The smallest absolute Gasteiger partial charge is 0.126 e. The fraction of sp³-hybridized carbons (Fsp3) is 0.571. The van der Waals surface area contributed by atoms with E-state index in [1.54, 1.807) is 0 Å². The van der Waals surface area contributed by atoms with Crippen LogP contribution < -0.4 is 10.5 Å². The van der Waals surface area contributed by atoms with Crippen molar-refractivity contribution in [2.75, 3.05) is 0 Å². The number of rotatable bonds is 2. The summed E-state index contributed by atoms with van der Waals surface area (Å²) in [6, 6.07) is 6.29. The molecule has 1 aliphatic carbocycles. The van der Waals surface area contributed by atoms with E-state index in [-0.39, 0.29) is 11.6 Å². The maximum Gasteiger partial charge on any atom is 0.126 e. The highest BCUT2D eigenvalue weighted by Crippen LogP contribution is 2.52. The lowest BCUT2D eigenvalue weighted by atomic mass is 9.82. The maximum absolute atomic E-state index is 6.33. The van der Waals surface area contributed by atoms with Crippen LogP contribution in [-0.4, -0.2) is 5.60 Å². The molecule has 1 heterocycles. The molecule has 2 unspecified atom stereocenters. The van der Waals surface area contributed by atoms with E-state index in [0.717, 1.165) is 28.6 Å². The molecule has 2 nitrogen and oxygen atoms in total. The van der Waals surface area contributed by atoms with Gasteiger partial charge in [-0.15, -0.1) is 0 Å². The van der Waals surface area contributed by atoms with Crippen molar-refractivity contribution in [1.82, 2.24) is 0 Å². The van der Waals surface area contributed by atoms with Gasteiger partial charge in [-0.2, -0.15) is 0 Å². The van der Waals surface area contributed by atoms with Crippen molar-refractivity contribution in [3.05, 3.63) is 28.2 Å². The van der Waals surface area contributed by atoms with Crippen molar-refractivity contribution < 1.29 is 4.74 Å². The summed E-state index contributed by atoms with van der Waals surface area (Å²) in [7, 11) is 0. The Morgan fingerprint density at radius 2 is 2.24 bits per heavy atom. The van der Waals surface area contributed by atoms with Crippen molar-refractivity contribution in [2.24, 2.45) is 11.7 Å². The summed E-state index contributed by atoms with van der Waals surface area (Å²) >= 11 is 3.50. The van der Waals surface area contributed by atoms with Crippen molar-refractivity contribution in [1.29, 1.82) is 0 Å². The first-order chi connectivity index (χ1) is 8.14. The lowest BCUT2D eigenvalue weighted by Gasteiger charge is -2.41. The molecule has 0 spiro atoms. The Kier molecular flexibility index (Phi) is 2.71. The summed E-state index contributed by atoms with van der Waals surface area (Å²) < 4.78 is 7.40. The molecular weight excluding hydrogens is 278 g/mol. The molecule has 1 aromatic rings. The van der Waals surface area contributed by atoms with E-state index in [2.05, 4.69) is 35.0 Å². The summed E-state index contributed by atoms with van der Waals surface area (Å²) in [5, 5.41) is 0. The van der Waals surface area contributed by atoms with Crippen LogP contribution in [0.2, 0.25) is 0 Å². The Morgan fingerprint density at radius 3 is 2.88 bits per heavy atom. The molecule has 0 aromatic heterocycles. The Bertz CT molecular complexity index is 444. The number of nitrogens with two attached hydrogens (primary N) is 1. The van der Waals surface area contributed by atoms with Gasteiger partial charge in [0.15, 0.2) is 0 Å². The van der Waals surface area contributed by atoms with E-state index < -0.39 is 0 Å². The summed E-state index contributed by atoms with van der Waals surface area (Å²) in [6.07, 6.45) is 4.61. The Balaban J connectivity index is 2.00. The number of hydrogen-bond donors (Lipinski definition) is 1. The van der Waals surface area contributed by atoms with E-state index in [0.29, 0.717) is 5.92 Å². The van der Waals surface area contributed by atoms with E-state index in [1.807, 2.05) is 6.07 Å². The van der Waals surface area contributed by atoms with E-state index in [1.165, 1.54) is 12.8 Å².